The second-order valence-electron chi connectivity index (χ2n) is 8.00. The SMILES string of the molecule is O=C1OC2(CCCCC2)S(=O)(=O)/C1=C/C=C/C1=C(O)OC2(CCCCC2)S1(=O)=O. The van der Waals surface area contributed by atoms with E-state index in [9.17, 15) is 26.7 Å². The van der Waals surface area contributed by atoms with Crippen LogP contribution >= 0.6 is 0 Å². The fraction of sp³-hybridized carbons (Fsp3) is 0.632. The van der Waals surface area contributed by atoms with Gasteiger partial charge in [0.15, 0.2) is 9.81 Å². The van der Waals surface area contributed by atoms with Crippen LogP contribution in [0.3, 0.4) is 0 Å². The number of aliphatic hydroxyl groups excluding tert-OH is 1. The van der Waals surface area contributed by atoms with Gasteiger partial charge in [0.1, 0.15) is 0 Å². The Labute approximate surface area is 170 Å². The maximum absolute atomic E-state index is 12.9. The van der Waals surface area contributed by atoms with Crippen LogP contribution in [0, 0.1) is 0 Å². The summed E-state index contributed by atoms with van der Waals surface area (Å²) in [7, 11) is -7.92. The third-order valence-electron chi connectivity index (χ3n) is 6.26. The molecule has 4 aliphatic rings. The van der Waals surface area contributed by atoms with E-state index in [-0.39, 0.29) is 12.8 Å². The number of esters is 1. The van der Waals surface area contributed by atoms with Gasteiger partial charge in [-0.25, -0.2) is 21.6 Å². The monoisotopic (exact) mass is 444 g/mol. The van der Waals surface area contributed by atoms with E-state index in [1.807, 2.05) is 0 Å². The lowest BCUT2D eigenvalue weighted by Crippen LogP contribution is -2.39. The van der Waals surface area contributed by atoms with Crippen LogP contribution in [-0.4, -0.2) is 37.8 Å². The van der Waals surface area contributed by atoms with E-state index in [0.717, 1.165) is 31.1 Å². The van der Waals surface area contributed by atoms with Crippen molar-refractivity contribution in [3.8, 4) is 0 Å². The van der Waals surface area contributed by atoms with Crippen LogP contribution in [0.15, 0.2) is 34.0 Å². The van der Waals surface area contributed by atoms with Crippen molar-refractivity contribution in [3.05, 3.63) is 34.0 Å². The Bertz CT molecular complexity index is 1020. The van der Waals surface area contributed by atoms with Crippen LogP contribution in [0.4, 0.5) is 0 Å². The van der Waals surface area contributed by atoms with Crippen LogP contribution in [0.2, 0.25) is 0 Å². The standard InChI is InChI=1S/C19H24O8S2/c20-16-14(28(22,23)18(26-16)10-3-1-4-11-18)8-7-9-15-17(21)27-19(29(15,24)25)12-5-2-6-13-19/h7-9,20H,1-6,10-13H2/b8-7+,15-9+. The van der Waals surface area contributed by atoms with E-state index in [1.54, 1.807) is 0 Å². The molecule has 2 saturated carbocycles. The molecule has 0 radical (unpaired) electrons. The Morgan fingerprint density at radius 1 is 0.793 bits per heavy atom. The first-order valence-corrected chi connectivity index (χ1v) is 12.9. The molecule has 1 saturated heterocycles. The Hall–Kier alpha value is -1.81. The molecule has 8 nitrogen and oxygen atoms in total. The molecule has 29 heavy (non-hydrogen) atoms. The van der Waals surface area contributed by atoms with Gasteiger partial charge in [-0.1, -0.05) is 18.9 Å². The smallest absolute Gasteiger partial charge is 0.351 e. The molecule has 4 rings (SSSR count). The number of hydrogen-bond acceptors (Lipinski definition) is 8. The van der Waals surface area contributed by atoms with Gasteiger partial charge in [0.25, 0.3) is 5.95 Å². The minimum atomic E-state index is -3.99. The molecule has 0 aromatic carbocycles. The lowest BCUT2D eigenvalue weighted by Gasteiger charge is -2.31. The van der Waals surface area contributed by atoms with E-state index >= 15 is 0 Å². The van der Waals surface area contributed by atoms with Crippen molar-refractivity contribution in [1.29, 1.82) is 0 Å². The molecular formula is C19H24O8S2. The van der Waals surface area contributed by atoms with Crippen molar-refractivity contribution >= 4 is 25.6 Å². The fourth-order valence-corrected chi connectivity index (χ4v) is 8.52. The van der Waals surface area contributed by atoms with Gasteiger partial charge in [-0.3, -0.25) is 0 Å². The van der Waals surface area contributed by atoms with Crippen molar-refractivity contribution in [2.45, 2.75) is 74.1 Å². The zero-order chi connectivity index (χ0) is 20.9. The molecule has 0 unspecified atom stereocenters. The summed E-state index contributed by atoms with van der Waals surface area (Å²) in [5, 5.41) is 10.1. The number of ether oxygens (including phenoxy) is 2. The topological polar surface area (TPSA) is 124 Å². The second-order valence-corrected chi connectivity index (χ2v) is 12.4. The summed E-state index contributed by atoms with van der Waals surface area (Å²) < 4.78 is 62.2. The van der Waals surface area contributed by atoms with Crippen molar-refractivity contribution in [1.82, 2.24) is 0 Å². The zero-order valence-electron chi connectivity index (χ0n) is 15.9. The zero-order valence-corrected chi connectivity index (χ0v) is 17.6. The van der Waals surface area contributed by atoms with Crippen LogP contribution in [-0.2, 0) is 33.9 Å². The Morgan fingerprint density at radius 2 is 1.31 bits per heavy atom. The molecule has 0 amide bonds. The molecule has 0 aromatic rings. The second kappa shape index (κ2) is 6.87. The quantitative estimate of drug-likeness (QED) is 0.509. The van der Waals surface area contributed by atoms with Gasteiger partial charge in [0, 0.05) is 25.7 Å². The number of carbonyl (C=O) groups excluding carboxylic acids is 1. The van der Waals surface area contributed by atoms with Crippen molar-refractivity contribution in [2.75, 3.05) is 0 Å². The van der Waals surface area contributed by atoms with Crippen LogP contribution in [0.25, 0.3) is 0 Å². The lowest BCUT2D eigenvalue weighted by molar-refractivity contribution is -0.145. The van der Waals surface area contributed by atoms with Crippen LogP contribution in [0.1, 0.15) is 64.2 Å². The predicted molar refractivity (Wildman–Crippen MR) is 104 cm³/mol. The molecule has 0 aromatic heterocycles. The van der Waals surface area contributed by atoms with E-state index in [4.69, 9.17) is 9.47 Å². The summed E-state index contributed by atoms with van der Waals surface area (Å²) in [6, 6.07) is 0. The molecule has 0 atom stereocenters. The number of rotatable bonds is 2. The molecule has 2 heterocycles. The molecular weight excluding hydrogens is 420 g/mol. The third kappa shape index (κ3) is 2.94. The number of aliphatic hydroxyl groups is 1. The Morgan fingerprint density at radius 3 is 1.86 bits per heavy atom. The average Bonchev–Trinajstić information content (AvgIpc) is 2.96. The van der Waals surface area contributed by atoms with Crippen molar-refractivity contribution in [3.63, 3.8) is 0 Å². The summed E-state index contributed by atoms with van der Waals surface area (Å²) in [6.45, 7) is 0. The summed E-state index contributed by atoms with van der Waals surface area (Å²) in [5.74, 6) is -1.62. The Kier molecular flexibility index (Phi) is 4.85. The fourth-order valence-electron chi connectivity index (χ4n) is 4.64. The van der Waals surface area contributed by atoms with Crippen molar-refractivity contribution < 1.29 is 36.2 Å². The minimum absolute atomic E-state index is 0.263. The minimum Gasteiger partial charge on any atom is -0.480 e. The summed E-state index contributed by atoms with van der Waals surface area (Å²) >= 11 is 0. The largest absolute Gasteiger partial charge is 0.480 e. The highest BCUT2D eigenvalue weighted by molar-refractivity contribution is 7.98. The first kappa shape index (κ1) is 20.5. The summed E-state index contributed by atoms with van der Waals surface area (Å²) in [6.07, 6.45) is 8.85. The predicted octanol–water partition coefficient (Wildman–Crippen LogP) is 2.89. The van der Waals surface area contributed by atoms with Gasteiger partial charge in [0.05, 0.1) is 0 Å². The van der Waals surface area contributed by atoms with E-state index in [2.05, 4.69) is 0 Å². The van der Waals surface area contributed by atoms with E-state index in [0.29, 0.717) is 38.5 Å². The van der Waals surface area contributed by atoms with Crippen LogP contribution in [0.5, 0.6) is 0 Å². The molecule has 160 valence electrons. The number of sulfone groups is 2. The van der Waals surface area contributed by atoms with Gasteiger partial charge in [0.2, 0.25) is 29.5 Å². The average molecular weight is 445 g/mol. The Balaban J connectivity index is 1.62. The summed E-state index contributed by atoms with van der Waals surface area (Å²) in [4.78, 5) is 8.38. The summed E-state index contributed by atoms with van der Waals surface area (Å²) in [5.41, 5.74) is 0. The number of allylic oxidation sites excluding steroid dienone is 3. The maximum Gasteiger partial charge on any atom is 0.351 e. The molecule has 2 spiro atoms. The molecule has 1 N–H and O–H groups in total. The molecule has 2 aliphatic carbocycles. The first-order valence-electron chi connectivity index (χ1n) is 9.89. The van der Waals surface area contributed by atoms with E-state index < -0.39 is 51.3 Å². The highest BCUT2D eigenvalue weighted by atomic mass is 32.2. The highest BCUT2D eigenvalue weighted by Crippen LogP contribution is 2.47. The van der Waals surface area contributed by atoms with Crippen molar-refractivity contribution in [2.24, 2.45) is 0 Å². The van der Waals surface area contributed by atoms with Gasteiger partial charge >= 0.3 is 5.97 Å². The number of hydrogen-bond donors (Lipinski definition) is 1. The number of carbonyl (C=O) groups is 1. The molecule has 0 bridgehead atoms. The van der Waals surface area contributed by atoms with Gasteiger partial charge in [-0.15, -0.1) is 0 Å². The molecule has 3 fully saturated rings. The molecule has 10 heteroatoms. The van der Waals surface area contributed by atoms with Gasteiger partial charge in [-0.05, 0) is 37.8 Å². The van der Waals surface area contributed by atoms with E-state index in [1.165, 1.54) is 0 Å². The van der Waals surface area contributed by atoms with Gasteiger partial charge < -0.3 is 14.6 Å². The highest BCUT2D eigenvalue weighted by Gasteiger charge is 2.58. The maximum atomic E-state index is 12.9. The first-order chi connectivity index (χ1) is 13.7. The van der Waals surface area contributed by atoms with Gasteiger partial charge in [-0.2, -0.15) is 0 Å². The normalized spacial score (nSPS) is 30.9. The third-order valence-corrected chi connectivity index (χ3v) is 11.0. The van der Waals surface area contributed by atoms with Crippen LogP contribution < -0.4 is 0 Å². The molecule has 2 aliphatic heterocycles. The lowest BCUT2D eigenvalue weighted by atomic mass is 9.97.